The van der Waals surface area contributed by atoms with Crippen LogP contribution < -0.4 is 14.8 Å². The maximum atomic E-state index is 13.1. The maximum Gasteiger partial charge on any atom is 0.276 e. The average Bonchev–Trinajstić information content (AvgIpc) is 3.54. The van der Waals surface area contributed by atoms with Gasteiger partial charge in [0.15, 0.2) is 5.69 Å². The van der Waals surface area contributed by atoms with Gasteiger partial charge >= 0.3 is 0 Å². The van der Waals surface area contributed by atoms with Gasteiger partial charge in [0, 0.05) is 36.5 Å². The molecule has 1 amide bonds. The summed E-state index contributed by atoms with van der Waals surface area (Å²) >= 11 is 0. The van der Waals surface area contributed by atoms with E-state index in [2.05, 4.69) is 15.1 Å². The number of amides is 1. The van der Waals surface area contributed by atoms with Gasteiger partial charge in [-0.1, -0.05) is 0 Å². The number of nitrogens with zero attached hydrogens (tertiary/aromatic N) is 3. The van der Waals surface area contributed by atoms with Crippen LogP contribution in [0.4, 0.5) is 15.8 Å². The van der Waals surface area contributed by atoms with E-state index in [0.717, 1.165) is 12.1 Å². The molecule has 1 aromatic heterocycles. The summed E-state index contributed by atoms with van der Waals surface area (Å²) in [6, 6.07) is 8.19. The predicted octanol–water partition coefficient (Wildman–Crippen LogP) is 3.26. The number of aromatic nitrogens is 2. The Bertz CT molecular complexity index is 1380. The number of anilines is 1. The SMILES string of the molecule is Cc1c(C(=O)Nc2ccc(F)cc2)nn(C)c1Oc1ccc([N+](=O)[O-])cc1S(=O)(=O)NC1CC1. The van der Waals surface area contributed by atoms with Crippen LogP contribution in [0.1, 0.15) is 28.9 Å². The minimum atomic E-state index is -4.10. The zero-order valence-electron chi connectivity index (χ0n) is 18.1. The highest BCUT2D eigenvalue weighted by atomic mass is 32.2. The van der Waals surface area contributed by atoms with Crippen molar-refractivity contribution in [3.05, 3.63) is 69.7 Å². The summed E-state index contributed by atoms with van der Waals surface area (Å²) in [4.78, 5) is 22.8. The van der Waals surface area contributed by atoms with Gasteiger partial charge in [-0.2, -0.15) is 5.10 Å². The van der Waals surface area contributed by atoms with E-state index >= 15 is 0 Å². The lowest BCUT2D eigenvalue weighted by Crippen LogP contribution is -2.26. The van der Waals surface area contributed by atoms with E-state index in [1.54, 1.807) is 6.92 Å². The molecule has 1 aliphatic rings. The molecule has 178 valence electrons. The van der Waals surface area contributed by atoms with Gasteiger partial charge < -0.3 is 10.1 Å². The molecule has 34 heavy (non-hydrogen) atoms. The van der Waals surface area contributed by atoms with Crippen LogP contribution in [0.5, 0.6) is 11.6 Å². The number of non-ortho nitro benzene ring substituents is 1. The normalized spacial score (nSPS) is 13.5. The third-order valence-corrected chi connectivity index (χ3v) is 6.61. The lowest BCUT2D eigenvalue weighted by Gasteiger charge is -2.13. The third-order valence-electron chi connectivity index (χ3n) is 5.07. The number of hydrogen-bond donors (Lipinski definition) is 2. The summed E-state index contributed by atoms with van der Waals surface area (Å²) in [5, 5.41) is 18.0. The number of rotatable bonds is 8. The van der Waals surface area contributed by atoms with Crippen LogP contribution in [-0.4, -0.2) is 35.1 Å². The number of nitro benzene ring substituents is 1. The molecular formula is C21H20FN5O6S. The number of ether oxygens (including phenoxy) is 1. The van der Waals surface area contributed by atoms with E-state index in [0.29, 0.717) is 24.1 Å². The Morgan fingerprint density at radius 1 is 1.24 bits per heavy atom. The fourth-order valence-electron chi connectivity index (χ4n) is 3.19. The van der Waals surface area contributed by atoms with E-state index in [4.69, 9.17) is 4.74 Å². The predicted molar refractivity (Wildman–Crippen MR) is 119 cm³/mol. The quantitative estimate of drug-likeness (QED) is 0.365. The van der Waals surface area contributed by atoms with Crippen molar-refractivity contribution in [3.8, 4) is 11.6 Å². The molecule has 0 spiro atoms. The van der Waals surface area contributed by atoms with Crippen molar-refractivity contribution in [1.29, 1.82) is 0 Å². The summed E-state index contributed by atoms with van der Waals surface area (Å²) in [6.07, 6.45) is 1.36. The molecule has 2 aromatic carbocycles. The Kier molecular flexibility index (Phi) is 6.06. The topological polar surface area (TPSA) is 145 Å². The number of benzene rings is 2. The zero-order valence-corrected chi connectivity index (χ0v) is 18.9. The first kappa shape index (κ1) is 23.3. The smallest absolute Gasteiger partial charge is 0.276 e. The first-order valence-corrected chi connectivity index (χ1v) is 11.6. The van der Waals surface area contributed by atoms with Crippen LogP contribution in [0.2, 0.25) is 0 Å². The molecule has 0 aliphatic heterocycles. The number of sulfonamides is 1. The summed E-state index contributed by atoms with van der Waals surface area (Å²) in [5.74, 6) is -1.12. The lowest BCUT2D eigenvalue weighted by molar-refractivity contribution is -0.385. The van der Waals surface area contributed by atoms with Crippen LogP contribution in [0.15, 0.2) is 47.4 Å². The van der Waals surface area contributed by atoms with Crippen LogP contribution in [0.3, 0.4) is 0 Å². The highest BCUT2D eigenvalue weighted by Crippen LogP contribution is 2.35. The van der Waals surface area contributed by atoms with Crippen molar-refractivity contribution in [2.45, 2.75) is 30.7 Å². The van der Waals surface area contributed by atoms with Crippen molar-refractivity contribution in [3.63, 3.8) is 0 Å². The molecule has 13 heteroatoms. The number of hydrogen-bond acceptors (Lipinski definition) is 7. The third kappa shape index (κ3) is 4.89. The van der Waals surface area contributed by atoms with Crippen LogP contribution >= 0.6 is 0 Å². The fraction of sp³-hybridized carbons (Fsp3) is 0.238. The number of nitro groups is 1. The molecule has 1 saturated carbocycles. The van der Waals surface area contributed by atoms with E-state index < -0.39 is 37.3 Å². The van der Waals surface area contributed by atoms with Gasteiger partial charge in [0.25, 0.3) is 11.6 Å². The first-order valence-electron chi connectivity index (χ1n) is 10.1. The number of halogens is 1. The highest BCUT2D eigenvalue weighted by Gasteiger charge is 2.32. The molecule has 0 atom stereocenters. The number of carbonyl (C=O) groups excluding carboxylic acids is 1. The van der Waals surface area contributed by atoms with Gasteiger partial charge in [-0.15, -0.1) is 0 Å². The molecule has 1 heterocycles. The molecule has 0 unspecified atom stereocenters. The second kappa shape index (κ2) is 8.83. The van der Waals surface area contributed by atoms with Gasteiger partial charge in [0.2, 0.25) is 15.9 Å². The van der Waals surface area contributed by atoms with Gasteiger partial charge in [-0.25, -0.2) is 22.2 Å². The highest BCUT2D eigenvalue weighted by molar-refractivity contribution is 7.89. The molecule has 4 rings (SSSR count). The first-order chi connectivity index (χ1) is 16.0. The second-order valence-electron chi connectivity index (χ2n) is 7.75. The minimum Gasteiger partial charge on any atom is -0.438 e. The molecule has 1 fully saturated rings. The monoisotopic (exact) mass is 489 g/mol. The molecule has 1 aliphatic carbocycles. The van der Waals surface area contributed by atoms with E-state index in [1.807, 2.05) is 0 Å². The fourth-order valence-corrected chi connectivity index (χ4v) is 4.64. The van der Waals surface area contributed by atoms with Gasteiger partial charge in [-0.3, -0.25) is 14.9 Å². The second-order valence-corrected chi connectivity index (χ2v) is 9.43. The molecular weight excluding hydrogens is 469 g/mol. The Hall–Kier alpha value is -3.84. The van der Waals surface area contributed by atoms with Crippen molar-refractivity contribution in [2.75, 3.05) is 5.32 Å². The standard InChI is InChI=1S/C21H20FN5O6S/c1-12-19(20(28)23-14-5-3-13(22)4-6-14)24-26(2)21(12)33-17-10-9-16(27(29)30)11-18(17)34(31,32)25-15-7-8-15/h3-6,9-11,15,25H,7-8H2,1-2H3,(H,23,28). The van der Waals surface area contributed by atoms with Crippen molar-refractivity contribution in [2.24, 2.45) is 7.05 Å². The molecule has 0 bridgehead atoms. The number of aryl methyl sites for hydroxylation is 1. The maximum absolute atomic E-state index is 13.1. The Balaban J connectivity index is 1.66. The van der Waals surface area contributed by atoms with Gasteiger partial charge in [-0.05, 0) is 50.1 Å². The largest absolute Gasteiger partial charge is 0.438 e. The number of carbonyl (C=O) groups is 1. The summed E-state index contributed by atoms with van der Waals surface area (Å²) in [5.41, 5.74) is 0.252. The molecule has 3 aromatic rings. The lowest BCUT2D eigenvalue weighted by atomic mass is 10.2. The van der Waals surface area contributed by atoms with Gasteiger partial charge in [0.1, 0.15) is 16.5 Å². The van der Waals surface area contributed by atoms with Crippen LogP contribution in [0, 0.1) is 22.9 Å². The van der Waals surface area contributed by atoms with E-state index in [-0.39, 0.29) is 23.4 Å². The Morgan fingerprint density at radius 3 is 2.53 bits per heavy atom. The van der Waals surface area contributed by atoms with Crippen LogP contribution in [0.25, 0.3) is 0 Å². The molecule has 11 nitrogen and oxygen atoms in total. The van der Waals surface area contributed by atoms with Gasteiger partial charge in [0.05, 0.1) is 4.92 Å². The van der Waals surface area contributed by atoms with E-state index in [1.165, 1.54) is 42.1 Å². The summed E-state index contributed by atoms with van der Waals surface area (Å²) in [6.45, 7) is 1.56. The van der Waals surface area contributed by atoms with Crippen molar-refractivity contribution in [1.82, 2.24) is 14.5 Å². The zero-order chi connectivity index (χ0) is 24.6. The molecule has 0 saturated heterocycles. The van der Waals surface area contributed by atoms with Crippen molar-refractivity contribution >= 4 is 27.3 Å². The van der Waals surface area contributed by atoms with E-state index in [9.17, 15) is 27.7 Å². The van der Waals surface area contributed by atoms with Crippen molar-refractivity contribution < 1.29 is 27.3 Å². The molecule has 0 radical (unpaired) electrons. The summed E-state index contributed by atoms with van der Waals surface area (Å²) in [7, 11) is -2.60. The Morgan fingerprint density at radius 2 is 1.91 bits per heavy atom. The Labute approximate surface area is 193 Å². The minimum absolute atomic E-state index is 0.00393. The molecule has 2 N–H and O–H groups in total. The van der Waals surface area contributed by atoms with Crippen LogP contribution in [-0.2, 0) is 17.1 Å². The average molecular weight is 489 g/mol. The summed E-state index contributed by atoms with van der Waals surface area (Å²) < 4.78 is 48.4. The number of nitrogens with one attached hydrogen (secondary N) is 2.